The minimum atomic E-state index is -4.28. The molecule has 0 aliphatic heterocycles. The van der Waals surface area contributed by atoms with E-state index < -0.39 is 75.3 Å². The van der Waals surface area contributed by atoms with E-state index in [0.29, 0.717) is 6.42 Å². The highest BCUT2D eigenvalue weighted by molar-refractivity contribution is 7.85. The largest absolute Gasteiger partial charge is 0.481 e. The predicted molar refractivity (Wildman–Crippen MR) is 105 cm³/mol. The molecule has 0 heterocycles. The van der Waals surface area contributed by atoms with Crippen LogP contribution in [0.15, 0.2) is 0 Å². The second-order valence-corrected chi connectivity index (χ2v) is 8.68. The highest BCUT2D eigenvalue weighted by Crippen LogP contribution is 2.12. The van der Waals surface area contributed by atoms with Crippen molar-refractivity contribution in [3.63, 3.8) is 0 Å². The average Bonchev–Trinajstić information content (AvgIpc) is 2.60. The standard InChI is InChI=1S/C15H27N3O9S2/c1-3-7(2)11(13(21)17-9(15(23)24)6-10(19)20)18-14(22)12(28)8(16)4-5-29(25,26)27/h7-9,11-12,28H,3-6,16H2,1-2H3,(H,17,21)(H,18,22)(H,19,20)(H,23,24)(H,25,26,27)/t7-,8?,9-,11-,12?/m0/s1. The van der Waals surface area contributed by atoms with Crippen LogP contribution in [0, 0.1) is 5.92 Å². The number of rotatable bonds is 13. The molecule has 5 atom stereocenters. The van der Waals surface area contributed by atoms with Crippen molar-refractivity contribution in [1.29, 1.82) is 0 Å². The van der Waals surface area contributed by atoms with Gasteiger partial charge < -0.3 is 26.6 Å². The maximum absolute atomic E-state index is 12.5. The van der Waals surface area contributed by atoms with Gasteiger partial charge in [0.25, 0.3) is 10.1 Å². The zero-order valence-electron chi connectivity index (χ0n) is 15.9. The molecule has 0 rings (SSSR count). The minimum absolute atomic E-state index is 0.264. The minimum Gasteiger partial charge on any atom is -0.481 e. The van der Waals surface area contributed by atoms with E-state index in [0.717, 1.165) is 0 Å². The normalized spacial score (nSPS) is 16.7. The quantitative estimate of drug-likeness (QED) is 0.125. The fraction of sp³-hybridized carbons (Fsp3) is 0.733. The Kier molecular flexibility index (Phi) is 11.2. The van der Waals surface area contributed by atoms with Crippen molar-refractivity contribution in [2.75, 3.05) is 5.75 Å². The molecule has 0 aromatic carbocycles. The molecule has 0 bridgehead atoms. The number of nitrogens with one attached hydrogen (secondary N) is 2. The van der Waals surface area contributed by atoms with Crippen molar-refractivity contribution in [2.45, 2.75) is 56.5 Å². The van der Waals surface area contributed by atoms with Crippen LogP contribution in [0.25, 0.3) is 0 Å². The number of amides is 2. The molecule has 0 fully saturated rings. The maximum Gasteiger partial charge on any atom is 0.326 e. The molecule has 0 aliphatic rings. The molecule has 2 amide bonds. The molecule has 0 radical (unpaired) electrons. The van der Waals surface area contributed by atoms with Gasteiger partial charge in [-0.2, -0.15) is 21.0 Å². The number of thiol groups is 1. The Morgan fingerprint density at radius 3 is 2.07 bits per heavy atom. The number of carboxylic acids is 2. The summed E-state index contributed by atoms with van der Waals surface area (Å²) in [6, 6.07) is -3.95. The Morgan fingerprint density at radius 1 is 1.10 bits per heavy atom. The van der Waals surface area contributed by atoms with Gasteiger partial charge in [0, 0.05) is 6.04 Å². The van der Waals surface area contributed by atoms with Gasteiger partial charge in [0.05, 0.1) is 17.4 Å². The van der Waals surface area contributed by atoms with Crippen LogP contribution in [0.5, 0.6) is 0 Å². The number of carbonyl (C=O) groups is 4. The molecule has 12 nitrogen and oxygen atoms in total. The van der Waals surface area contributed by atoms with Crippen LogP contribution in [0.1, 0.15) is 33.1 Å². The van der Waals surface area contributed by atoms with Crippen LogP contribution >= 0.6 is 12.6 Å². The summed E-state index contributed by atoms with van der Waals surface area (Å²) in [7, 11) is -4.28. The van der Waals surface area contributed by atoms with E-state index in [1.54, 1.807) is 13.8 Å². The van der Waals surface area contributed by atoms with Gasteiger partial charge in [-0.1, -0.05) is 20.3 Å². The first kappa shape index (κ1) is 27.1. The summed E-state index contributed by atoms with van der Waals surface area (Å²) in [5.74, 6) is -5.80. The van der Waals surface area contributed by atoms with Crippen molar-refractivity contribution in [3.05, 3.63) is 0 Å². The molecule has 0 aromatic heterocycles. The van der Waals surface area contributed by atoms with Crippen molar-refractivity contribution in [1.82, 2.24) is 10.6 Å². The third-order valence-electron chi connectivity index (χ3n) is 4.17. The first-order valence-electron chi connectivity index (χ1n) is 8.63. The third kappa shape index (κ3) is 10.4. The van der Waals surface area contributed by atoms with Crippen molar-refractivity contribution >= 4 is 46.5 Å². The molecular weight excluding hydrogens is 430 g/mol. The number of hydrogen-bond acceptors (Lipinski definition) is 8. The van der Waals surface area contributed by atoms with Gasteiger partial charge in [-0.05, 0) is 12.3 Å². The number of hydrogen-bond donors (Lipinski definition) is 7. The molecule has 2 unspecified atom stereocenters. The van der Waals surface area contributed by atoms with Crippen LogP contribution in [0.4, 0.5) is 0 Å². The molecule has 0 saturated carbocycles. The maximum atomic E-state index is 12.5. The molecule has 14 heteroatoms. The van der Waals surface area contributed by atoms with E-state index in [1.807, 2.05) is 0 Å². The zero-order chi connectivity index (χ0) is 22.9. The van der Waals surface area contributed by atoms with Crippen LogP contribution < -0.4 is 16.4 Å². The summed E-state index contributed by atoms with van der Waals surface area (Å²) in [5, 5.41) is 21.1. The molecule has 168 valence electrons. The van der Waals surface area contributed by atoms with E-state index in [9.17, 15) is 27.6 Å². The Hall–Kier alpha value is -1.90. The highest BCUT2D eigenvalue weighted by Gasteiger charge is 2.33. The second-order valence-electron chi connectivity index (χ2n) is 6.55. The Labute approximate surface area is 173 Å². The second kappa shape index (κ2) is 11.9. The van der Waals surface area contributed by atoms with E-state index in [2.05, 4.69) is 23.3 Å². The first-order valence-corrected chi connectivity index (χ1v) is 10.8. The summed E-state index contributed by atoms with van der Waals surface area (Å²) in [4.78, 5) is 46.7. The van der Waals surface area contributed by atoms with Crippen LogP contribution in [0.2, 0.25) is 0 Å². The van der Waals surface area contributed by atoms with Gasteiger partial charge >= 0.3 is 11.9 Å². The lowest BCUT2D eigenvalue weighted by molar-refractivity contribution is -0.147. The van der Waals surface area contributed by atoms with E-state index in [4.69, 9.17) is 20.5 Å². The predicted octanol–water partition coefficient (Wildman–Crippen LogP) is -1.53. The summed E-state index contributed by atoms with van der Waals surface area (Å²) in [6.45, 7) is 3.34. The van der Waals surface area contributed by atoms with Crippen molar-refractivity contribution in [3.8, 4) is 0 Å². The molecule has 0 aromatic rings. The molecule has 7 N–H and O–H groups in total. The number of aliphatic carboxylic acids is 2. The lowest BCUT2D eigenvalue weighted by Gasteiger charge is -2.27. The van der Waals surface area contributed by atoms with Crippen LogP contribution in [-0.4, -0.2) is 76.1 Å². The average molecular weight is 458 g/mol. The van der Waals surface area contributed by atoms with Crippen LogP contribution in [0.3, 0.4) is 0 Å². The fourth-order valence-corrected chi connectivity index (χ4v) is 3.01. The molecule has 29 heavy (non-hydrogen) atoms. The molecular formula is C15H27N3O9S2. The Balaban J connectivity index is 5.22. The van der Waals surface area contributed by atoms with Crippen molar-refractivity contribution < 1.29 is 42.4 Å². The zero-order valence-corrected chi connectivity index (χ0v) is 17.7. The van der Waals surface area contributed by atoms with E-state index >= 15 is 0 Å². The third-order valence-corrected chi connectivity index (χ3v) is 5.54. The van der Waals surface area contributed by atoms with Gasteiger partial charge in [-0.25, -0.2) is 4.79 Å². The molecule has 0 aliphatic carbocycles. The van der Waals surface area contributed by atoms with Crippen molar-refractivity contribution in [2.24, 2.45) is 11.7 Å². The van der Waals surface area contributed by atoms with Gasteiger partial charge in [0.1, 0.15) is 12.1 Å². The lowest BCUT2D eigenvalue weighted by Crippen LogP contribution is -2.57. The summed E-state index contributed by atoms with van der Waals surface area (Å²) >= 11 is 4.02. The van der Waals surface area contributed by atoms with Gasteiger partial charge in [0.15, 0.2) is 0 Å². The SMILES string of the molecule is CC[C@H](C)[C@H](NC(=O)C(S)C(N)CCS(=O)(=O)O)C(=O)N[C@@H](CC(=O)O)C(=O)O. The summed E-state index contributed by atoms with van der Waals surface area (Å²) in [5.41, 5.74) is 5.70. The smallest absolute Gasteiger partial charge is 0.326 e. The topological polar surface area (TPSA) is 213 Å². The molecule has 0 saturated heterocycles. The van der Waals surface area contributed by atoms with E-state index in [1.165, 1.54) is 0 Å². The molecule has 0 spiro atoms. The lowest BCUT2D eigenvalue weighted by atomic mass is 9.97. The first-order chi connectivity index (χ1) is 13.2. The summed E-state index contributed by atoms with van der Waals surface area (Å²) in [6.07, 6.45) is -0.695. The monoisotopic (exact) mass is 457 g/mol. The van der Waals surface area contributed by atoms with Gasteiger partial charge in [-0.3, -0.25) is 18.9 Å². The van der Waals surface area contributed by atoms with E-state index in [-0.39, 0.29) is 6.42 Å². The highest BCUT2D eigenvalue weighted by atomic mass is 32.2. The van der Waals surface area contributed by atoms with Gasteiger partial charge in [-0.15, -0.1) is 0 Å². The number of nitrogens with two attached hydrogens (primary N) is 1. The van der Waals surface area contributed by atoms with Crippen LogP contribution in [-0.2, 0) is 29.3 Å². The fourth-order valence-electron chi connectivity index (χ4n) is 2.21. The number of carbonyl (C=O) groups excluding carboxylic acids is 2. The Bertz CT molecular complexity index is 714. The Morgan fingerprint density at radius 2 is 1.66 bits per heavy atom. The van der Waals surface area contributed by atoms with Gasteiger partial charge in [0.2, 0.25) is 11.8 Å². The number of carboxylic acid groups (broad SMARTS) is 2. The summed E-state index contributed by atoms with van der Waals surface area (Å²) < 4.78 is 30.3.